The molecule has 0 amide bonds. The summed E-state index contributed by atoms with van der Waals surface area (Å²) in [5.41, 5.74) is 1.43. The molecule has 2 rings (SSSR count). The fraction of sp³-hybridized carbons (Fsp3) is 0.375. The van der Waals surface area contributed by atoms with Crippen molar-refractivity contribution in [3.63, 3.8) is 0 Å². The molecule has 2 aromatic rings. The van der Waals surface area contributed by atoms with Gasteiger partial charge in [-0.1, -0.05) is 30.4 Å². The lowest BCUT2D eigenvalue weighted by atomic mass is 10.1. The molecule has 96 valence electrons. The lowest BCUT2D eigenvalue weighted by Gasteiger charge is -2.12. The van der Waals surface area contributed by atoms with Gasteiger partial charge in [-0.05, 0) is 50.8 Å². The molecule has 0 fully saturated rings. The van der Waals surface area contributed by atoms with Crippen LogP contribution in [0.15, 0.2) is 36.4 Å². The van der Waals surface area contributed by atoms with Gasteiger partial charge in [-0.3, -0.25) is 0 Å². The Hall–Kier alpha value is -1.12. The quantitative estimate of drug-likeness (QED) is 0.599. The van der Waals surface area contributed by atoms with Gasteiger partial charge in [-0.15, -0.1) is 11.3 Å². The molecule has 0 radical (unpaired) electrons. The number of rotatable bonds is 5. The molecule has 18 heavy (non-hydrogen) atoms. The van der Waals surface area contributed by atoms with E-state index in [1.807, 2.05) is 11.3 Å². The average molecular weight is 259 g/mol. The van der Waals surface area contributed by atoms with E-state index >= 15 is 0 Å². The van der Waals surface area contributed by atoms with E-state index in [0.717, 1.165) is 13.0 Å². The highest BCUT2D eigenvalue weighted by Crippen LogP contribution is 2.34. The first-order valence-electron chi connectivity index (χ1n) is 6.56. The van der Waals surface area contributed by atoms with Gasteiger partial charge in [-0.25, -0.2) is 0 Å². The van der Waals surface area contributed by atoms with Crippen LogP contribution in [-0.4, -0.2) is 6.54 Å². The summed E-state index contributed by atoms with van der Waals surface area (Å²) in [6, 6.07) is 9.11. The summed E-state index contributed by atoms with van der Waals surface area (Å²) in [5, 5.41) is 5.00. The van der Waals surface area contributed by atoms with Crippen molar-refractivity contribution in [2.45, 2.75) is 33.2 Å². The molecule has 1 aromatic carbocycles. The molecule has 0 aliphatic carbocycles. The number of fused-ring (bicyclic) bond motifs is 1. The third kappa shape index (κ3) is 2.82. The number of benzene rings is 1. The fourth-order valence-electron chi connectivity index (χ4n) is 2.25. The second kappa shape index (κ2) is 6.17. The Morgan fingerprint density at radius 3 is 2.83 bits per heavy atom. The van der Waals surface area contributed by atoms with E-state index < -0.39 is 0 Å². The summed E-state index contributed by atoms with van der Waals surface area (Å²) < 4.78 is 1.40. The molecule has 0 saturated heterocycles. The van der Waals surface area contributed by atoms with Crippen LogP contribution >= 0.6 is 11.3 Å². The Morgan fingerprint density at radius 2 is 2.11 bits per heavy atom. The van der Waals surface area contributed by atoms with Crippen molar-refractivity contribution in [1.29, 1.82) is 0 Å². The summed E-state index contributed by atoms with van der Waals surface area (Å²) >= 11 is 1.92. The van der Waals surface area contributed by atoms with Crippen LogP contribution in [-0.2, 0) is 0 Å². The standard InChI is InChI=1S/C16H21NS/c1-4-5-8-11-17-13(3)16-12(2)14-9-6-7-10-15(14)18-16/h4-7,9-10,13,17H,8,11H2,1-3H3/b5-4+. The highest BCUT2D eigenvalue weighted by molar-refractivity contribution is 7.19. The Morgan fingerprint density at radius 1 is 1.33 bits per heavy atom. The second-order valence-electron chi connectivity index (χ2n) is 4.62. The van der Waals surface area contributed by atoms with Crippen molar-refractivity contribution in [2.75, 3.05) is 6.54 Å². The topological polar surface area (TPSA) is 12.0 Å². The van der Waals surface area contributed by atoms with Crippen LogP contribution in [0.1, 0.15) is 36.8 Å². The molecule has 1 atom stereocenters. The summed E-state index contributed by atoms with van der Waals surface area (Å²) in [4.78, 5) is 1.47. The molecule has 0 bridgehead atoms. The van der Waals surface area contributed by atoms with Gasteiger partial charge < -0.3 is 5.32 Å². The van der Waals surface area contributed by atoms with Crippen LogP contribution in [0.3, 0.4) is 0 Å². The molecule has 1 aromatic heterocycles. The van der Waals surface area contributed by atoms with Gasteiger partial charge in [0.2, 0.25) is 0 Å². The van der Waals surface area contributed by atoms with Gasteiger partial charge in [0.1, 0.15) is 0 Å². The zero-order chi connectivity index (χ0) is 13.0. The van der Waals surface area contributed by atoms with E-state index in [0.29, 0.717) is 6.04 Å². The van der Waals surface area contributed by atoms with Crippen LogP contribution in [0.4, 0.5) is 0 Å². The van der Waals surface area contributed by atoms with Gasteiger partial charge in [0.25, 0.3) is 0 Å². The number of nitrogens with one attached hydrogen (secondary N) is 1. The number of hydrogen-bond donors (Lipinski definition) is 1. The van der Waals surface area contributed by atoms with E-state index in [-0.39, 0.29) is 0 Å². The maximum absolute atomic E-state index is 3.59. The first-order chi connectivity index (χ1) is 8.74. The monoisotopic (exact) mass is 259 g/mol. The molecule has 2 heteroatoms. The van der Waals surface area contributed by atoms with E-state index in [9.17, 15) is 0 Å². The molecule has 1 heterocycles. The van der Waals surface area contributed by atoms with Gasteiger partial charge in [0.05, 0.1) is 0 Å². The number of allylic oxidation sites excluding steroid dienone is 1. The third-order valence-electron chi connectivity index (χ3n) is 3.27. The Balaban J connectivity index is 2.12. The van der Waals surface area contributed by atoms with Gasteiger partial charge in [-0.2, -0.15) is 0 Å². The second-order valence-corrected chi connectivity index (χ2v) is 5.70. The van der Waals surface area contributed by atoms with E-state index in [2.05, 4.69) is 62.5 Å². The van der Waals surface area contributed by atoms with Crippen LogP contribution in [0.2, 0.25) is 0 Å². The minimum absolute atomic E-state index is 0.438. The third-order valence-corrected chi connectivity index (χ3v) is 4.73. The number of thiophene rings is 1. The first-order valence-corrected chi connectivity index (χ1v) is 7.38. The van der Waals surface area contributed by atoms with Gasteiger partial charge in [0, 0.05) is 15.6 Å². The fourth-order valence-corrected chi connectivity index (χ4v) is 3.49. The van der Waals surface area contributed by atoms with Crippen molar-refractivity contribution < 1.29 is 0 Å². The van der Waals surface area contributed by atoms with Crippen molar-refractivity contribution >= 4 is 21.4 Å². The molecule has 1 unspecified atom stereocenters. The highest BCUT2D eigenvalue weighted by atomic mass is 32.1. The SMILES string of the molecule is C/C=C/CCNC(C)c1sc2ccccc2c1C. The minimum atomic E-state index is 0.438. The minimum Gasteiger partial charge on any atom is -0.309 e. The molecular formula is C16H21NS. The van der Waals surface area contributed by atoms with Gasteiger partial charge in [0.15, 0.2) is 0 Å². The van der Waals surface area contributed by atoms with Crippen molar-refractivity contribution in [1.82, 2.24) is 5.32 Å². The van der Waals surface area contributed by atoms with Gasteiger partial charge >= 0.3 is 0 Å². The first kappa shape index (κ1) is 13.3. The van der Waals surface area contributed by atoms with E-state index in [1.165, 1.54) is 20.5 Å². The largest absolute Gasteiger partial charge is 0.309 e. The van der Waals surface area contributed by atoms with Crippen LogP contribution in [0.25, 0.3) is 10.1 Å². The summed E-state index contributed by atoms with van der Waals surface area (Å²) in [6.45, 7) is 7.60. The highest BCUT2D eigenvalue weighted by Gasteiger charge is 2.13. The molecule has 0 aliphatic heterocycles. The number of aryl methyl sites for hydroxylation is 1. The van der Waals surface area contributed by atoms with E-state index in [1.54, 1.807) is 0 Å². The molecular weight excluding hydrogens is 238 g/mol. The molecule has 0 saturated carbocycles. The zero-order valence-electron chi connectivity index (χ0n) is 11.4. The van der Waals surface area contributed by atoms with Crippen LogP contribution in [0, 0.1) is 6.92 Å². The van der Waals surface area contributed by atoms with Crippen molar-refractivity contribution in [2.24, 2.45) is 0 Å². The van der Waals surface area contributed by atoms with Crippen molar-refractivity contribution in [3.8, 4) is 0 Å². The predicted molar refractivity (Wildman–Crippen MR) is 82.4 cm³/mol. The lowest BCUT2D eigenvalue weighted by molar-refractivity contribution is 0.587. The lowest BCUT2D eigenvalue weighted by Crippen LogP contribution is -2.19. The normalized spacial score (nSPS) is 13.5. The summed E-state index contributed by atoms with van der Waals surface area (Å²) in [7, 11) is 0. The van der Waals surface area contributed by atoms with Crippen molar-refractivity contribution in [3.05, 3.63) is 46.9 Å². The summed E-state index contributed by atoms with van der Waals surface area (Å²) in [6.07, 6.45) is 5.42. The molecule has 1 N–H and O–H groups in total. The summed E-state index contributed by atoms with van der Waals surface area (Å²) in [5.74, 6) is 0. The van der Waals surface area contributed by atoms with Crippen LogP contribution < -0.4 is 5.32 Å². The molecule has 0 aliphatic rings. The number of hydrogen-bond acceptors (Lipinski definition) is 2. The Labute approximate surface area is 114 Å². The van der Waals surface area contributed by atoms with E-state index in [4.69, 9.17) is 0 Å². The molecule has 1 nitrogen and oxygen atoms in total. The average Bonchev–Trinajstić information content (AvgIpc) is 2.73. The molecule has 0 spiro atoms. The maximum atomic E-state index is 3.59. The Bertz CT molecular complexity index is 539. The maximum Gasteiger partial charge on any atom is 0.0389 e. The zero-order valence-corrected chi connectivity index (χ0v) is 12.2. The Kier molecular flexibility index (Phi) is 4.56. The predicted octanol–water partition coefficient (Wildman–Crippen LogP) is 4.83. The smallest absolute Gasteiger partial charge is 0.0389 e. The van der Waals surface area contributed by atoms with Crippen LogP contribution in [0.5, 0.6) is 0 Å².